The van der Waals surface area contributed by atoms with Gasteiger partial charge in [0, 0.05) is 0 Å². The molecule has 0 radical (unpaired) electrons. The molecule has 1 aliphatic rings. The van der Waals surface area contributed by atoms with Crippen LogP contribution in [0.5, 0.6) is 0 Å². The highest BCUT2D eigenvalue weighted by atomic mass is 16.6. The van der Waals surface area contributed by atoms with Crippen molar-refractivity contribution in [2.45, 2.75) is 45.1 Å². The van der Waals surface area contributed by atoms with Crippen LogP contribution in [0.2, 0.25) is 0 Å². The first kappa shape index (κ1) is 20.8. The number of rotatable bonds is 8. The van der Waals surface area contributed by atoms with Crippen molar-refractivity contribution in [1.29, 1.82) is 0 Å². The minimum absolute atomic E-state index is 0.167. The Bertz CT molecular complexity index is 834. The summed E-state index contributed by atoms with van der Waals surface area (Å²) in [5, 5.41) is 0. The van der Waals surface area contributed by atoms with E-state index in [0.717, 1.165) is 11.1 Å². The normalized spacial score (nSPS) is 20.7. The van der Waals surface area contributed by atoms with Crippen molar-refractivity contribution >= 4 is 11.9 Å². The molecule has 1 saturated heterocycles. The molecule has 1 aliphatic heterocycles. The molecule has 152 valence electrons. The average Bonchev–Trinajstić information content (AvgIpc) is 2.75. The first-order chi connectivity index (χ1) is 14.1. The first-order valence-electron chi connectivity index (χ1n) is 9.92. The fourth-order valence-electron chi connectivity index (χ4n) is 3.46. The number of esters is 1. The molecule has 0 aromatic heterocycles. The summed E-state index contributed by atoms with van der Waals surface area (Å²) in [5.74, 6) is -0.533. The van der Waals surface area contributed by atoms with E-state index in [1.54, 1.807) is 11.8 Å². The SMILES string of the molecule is C[C@H]1OC(=O)[C@H](C/C=C\COCc2ccccc2)N([C@@H](C)c2ccccc2)C1=O. The molecule has 0 spiro atoms. The van der Waals surface area contributed by atoms with E-state index in [1.165, 1.54) is 0 Å². The molecule has 1 heterocycles. The molecule has 5 nitrogen and oxygen atoms in total. The minimum atomic E-state index is -0.761. The van der Waals surface area contributed by atoms with E-state index in [9.17, 15) is 9.59 Å². The van der Waals surface area contributed by atoms with Crippen molar-refractivity contribution in [3.8, 4) is 0 Å². The Morgan fingerprint density at radius 1 is 1.03 bits per heavy atom. The van der Waals surface area contributed by atoms with Gasteiger partial charge in [0.15, 0.2) is 6.10 Å². The minimum Gasteiger partial charge on any atom is -0.451 e. The van der Waals surface area contributed by atoms with Crippen molar-refractivity contribution in [2.75, 3.05) is 6.61 Å². The molecule has 1 fully saturated rings. The first-order valence-corrected chi connectivity index (χ1v) is 9.92. The summed E-state index contributed by atoms with van der Waals surface area (Å²) in [6.45, 7) is 4.53. The van der Waals surface area contributed by atoms with E-state index in [4.69, 9.17) is 9.47 Å². The number of carbonyl (C=O) groups is 2. The van der Waals surface area contributed by atoms with Gasteiger partial charge in [0.25, 0.3) is 5.91 Å². The van der Waals surface area contributed by atoms with Crippen molar-refractivity contribution in [2.24, 2.45) is 0 Å². The van der Waals surface area contributed by atoms with Crippen molar-refractivity contribution in [3.63, 3.8) is 0 Å². The number of amides is 1. The average molecular weight is 393 g/mol. The Hall–Kier alpha value is -2.92. The number of benzene rings is 2. The molecule has 2 aromatic carbocycles. The second-order valence-corrected chi connectivity index (χ2v) is 7.13. The largest absolute Gasteiger partial charge is 0.451 e. The number of hydrogen-bond donors (Lipinski definition) is 0. The van der Waals surface area contributed by atoms with Crippen LogP contribution in [0.3, 0.4) is 0 Å². The van der Waals surface area contributed by atoms with E-state index in [-0.39, 0.29) is 17.9 Å². The lowest BCUT2D eigenvalue weighted by molar-refractivity contribution is -0.179. The zero-order chi connectivity index (χ0) is 20.6. The smallest absolute Gasteiger partial charge is 0.329 e. The lowest BCUT2D eigenvalue weighted by atomic mass is 10.0. The van der Waals surface area contributed by atoms with Gasteiger partial charge in [0.2, 0.25) is 0 Å². The zero-order valence-corrected chi connectivity index (χ0v) is 16.9. The molecule has 0 saturated carbocycles. The third kappa shape index (κ3) is 5.33. The topological polar surface area (TPSA) is 55.8 Å². The summed E-state index contributed by atoms with van der Waals surface area (Å²) < 4.78 is 10.9. The highest BCUT2D eigenvalue weighted by molar-refractivity contribution is 5.92. The van der Waals surface area contributed by atoms with Crippen molar-refractivity contribution < 1.29 is 19.1 Å². The third-order valence-corrected chi connectivity index (χ3v) is 5.05. The van der Waals surface area contributed by atoms with E-state index in [0.29, 0.717) is 19.6 Å². The van der Waals surface area contributed by atoms with E-state index in [2.05, 4.69) is 0 Å². The quantitative estimate of drug-likeness (QED) is 0.386. The second kappa shape index (κ2) is 10.0. The Kier molecular flexibility index (Phi) is 7.19. The monoisotopic (exact) mass is 393 g/mol. The zero-order valence-electron chi connectivity index (χ0n) is 16.9. The van der Waals surface area contributed by atoms with Crippen LogP contribution in [0.15, 0.2) is 72.8 Å². The van der Waals surface area contributed by atoms with Gasteiger partial charge in [-0.2, -0.15) is 0 Å². The summed E-state index contributed by atoms with van der Waals surface area (Å²) >= 11 is 0. The van der Waals surface area contributed by atoms with E-state index in [1.807, 2.05) is 79.7 Å². The standard InChI is InChI=1S/C24H27NO4/c1-18(21-13-7-4-8-14-21)25-22(24(27)29-19(2)23(25)26)15-9-10-16-28-17-20-11-5-3-6-12-20/h3-14,18-19,22H,15-17H2,1-2H3/b10-9-/t18-,19+,22-/m0/s1. The maximum atomic E-state index is 12.8. The van der Waals surface area contributed by atoms with Crippen LogP contribution < -0.4 is 0 Å². The number of nitrogens with zero attached hydrogens (tertiary/aromatic N) is 1. The number of hydrogen-bond acceptors (Lipinski definition) is 4. The molecule has 0 bridgehead atoms. The molecule has 1 amide bonds. The van der Waals surface area contributed by atoms with Gasteiger partial charge >= 0.3 is 5.97 Å². The molecule has 5 heteroatoms. The number of ether oxygens (including phenoxy) is 2. The lowest BCUT2D eigenvalue weighted by Crippen LogP contribution is -2.56. The maximum Gasteiger partial charge on any atom is 0.329 e. The number of morpholine rings is 1. The fourth-order valence-corrected chi connectivity index (χ4v) is 3.46. The van der Waals surface area contributed by atoms with Gasteiger partial charge < -0.3 is 14.4 Å². The second-order valence-electron chi connectivity index (χ2n) is 7.13. The summed E-state index contributed by atoms with van der Waals surface area (Å²) in [4.78, 5) is 27.0. The molecule has 2 aromatic rings. The lowest BCUT2D eigenvalue weighted by Gasteiger charge is -2.40. The van der Waals surface area contributed by atoms with Crippen LogP contribution in [0, 0.1) is 0 Å². The molecule has 3 atom stereocenters. The van der Waals surface area contributed by atoms with Crippen LogP contribution in [-0.4, -0.2) is 35.5 Å². The predicted octanol–water partition coefficient (Wildman–Crippen LogP) is 4.05. The van der Waals surface area contributed by atoms with Gasteiger partial charge in [-0.15, -0.1) is 0 Å². The van der Waals surface area contributed by atoms with Crippen LogP contribution in [0.25, 0.3) is 0 Å². The summed E-state index contributed by atoms with van der Waals surface area (Å²) in [6, 6.07) is 18.8. The summed E-state index contributed by atoms with van der Waals surface area (Å²) in [5.41, 5.74) is 2.10. The molecule has 0 aliphatic carbocycles. The van der Waals surface area contributed by atoms with E-state index >= 15 is 0 Å². The van der Waals surface area contributed by atoms with Crippen molar-refractivity contribution in [1.82, 2.24) is 4.90 Å². The van der Waals surface area contributed by atoms with Crippen LogP contribution in [0.1, 0.15) is 37.4 Å². The van der Waals surface area contributed by atoms with E-state index < -0.39 is 12.1 Å². The van der Waals surface area contributed by atoms with Gasteiger partial charge in [-0.25, -0.2) is 4.79 Å². The van der Waals surface area contributed by atoms with Gasteiger partial charge in [-0.3, -0.25) is 4.79 Å². The number of cyclic esters (lactones) is 1. The Labute approximate surface area is 171 Å². The van der Waals surface area contributed by atoms with Crippen molar-refractivity contribution in [3.05, 3.63) is 83.9 Å². The molecule has 3 rings (SSSR count). The Balaban J connectivity index is 1.61. The number of carbonyl (C=O) groups excluding carboxylic acids is 2. The molecule has 29 heavy (non-hydrogen) atoms. The Morgan fingerprint density at radius 2 is 1.69 bits per heavy atom. The molecule has 0 N–H and O–H groups in total. The van der Waals surface area contributed by atoms with Crippen LogP contribution in [0.4, 0.5) is 0 Å². The van der Waals surface area contributed by atoms with Crippen LogP contribution >= 0.6 is 0 Å². The molecular weight excluding hydrogens is 366 g/mol. The van der Waals surface area contributed by atoms with Gasteiger partial charge in [-0.1, -0.05) is 72.8 Å². The van der Waals surface area contributed by atoms with Crippen LogP contribution in [-0.2, 0) is 25.7 Å². The maximum absolute atomic E-state index is 12.8. The Morgan fingerprint density at radius 3 is 2.38 bits per heavy atom. The molecular formula is C24H27NO4. The fraction of sp³-hybridized carbons (Fsp3) is 0.333. The molecule has 0 unspecified atom stereocenters. The van der Waals surface area contributed by atoms with Gasteiger partial charge in [-0.05, 0) is 31.4 Å². The van der Waals surface area contributed by atoms with Gasteiger partial charge in [0.05, 0.1) is 19.3 Å². The predicted molar refractivity (Wildman–Crippen MR) is 111 cm³/mol. The summed E-state index contributed by atoms with van der Waals surface area (Å²) in [7, 11) is 0. The van der Waals surface area contributed by atoms with Gasteiger partial charge in [0.1, 0.15) is 6.04 Å². The highest BCUT2D eigenvalue weighted by Crippen LogP contribution is 2.29. The summed E-state index contributed by atoms with van der Waals surface area (Å²) in [6.07, 6.45) is 3.39. The third-order valence-electron chi connectivity index (χ3n) is 5.05. The highest BCUT2D eigenvalue weighted by Gasteiger charge is 2.42.